The molecule has 0 heterocycles. The summed E-state index contributed by atoms with van der Waals surface area (Å²) in [5.41, 5.74) is -0.954. The molecule has 0 saturated heterocycles. The highest BCUT2D eigenvalue weighted by molar-refractivity contribution is 6.06. The average Bonchev–Trinajstić information content (AvgIpc) is 2.95. The van der Waals surface area contributed by atoms with E-state index >= 15 is 0 Å². The number of Topliss-reactive ketones (excluding diaryl/α,β-unsaturated/α-hetero) is 1. The minimum Gasteiger partial charge on any atom is -0.497 e. The molecular weight excluding hydrogens is 314 g/mol. The summed E-state index contributed by atoms with van der Waals surface area (Å²) in [6.07, 6.45) is 1.02. The Morgan fingerprint density at radius 2 is 2.21 bits per heavy atom. The number of hydrogen-bond donors (Lipinski definition) is 0. The van der Waals surface area contributed by atoms with E-state index in [1.54, 1.807) is 31.2 Å². The van der Waals surface area contributed by atoms with E-state index in [0.717, 1.165) is 0 Å². The summed E-state index contributed by atoms with van der Waals surface area (Å²) in [6, 6.07) is 6.73. The third kappa shape index (κ3) is 3.25. The SMILES string of the molecule is CCOC(=O)[C@@]1([C@H](C[N+](=O)[O-])c2cccc(OC)c2)CCCC1=O. The third-order valence-electron chi connectivity index (χ3n) is 4.53. The lowest BCUT2D eigenvalue weighted by molar-refractivity contribution is -0.485. The van der Waals surface area contributed by atoms with Gasteiger partial charge in [-0.2, -0.15) is 0 Å². The molecule has 1 saturated carbocycles. The zero-order valence-corrected chi connectivity index (χ0v) is 13.8. The van der Waals surface area contributed by atoms with E-state index in [4.69, 9.17) is 9.47 Å². The molecular formula is C17H21NO6. The molecule has 24 heavy (non-hydrogen) atoms. The number of nitro groups is 1. The first-order valence-electron chi connectivity index (χ1n) is 7.92. The fourth-order valence-corrected chi connectivity index (χ4v) is 3.43. The van der Waals surface area contributed by atoms with Gasteiger partial charge in [0.2, 0.25) is 6.54 Å². The van der Waals surface area contributed by atoms with E-state index in [0.29, 0.717) is 17.7 Å². The molecule has 0 N–H and O–H groups in total. The average molecular weight is 335 g/mol. The number of methoxy groups -OCH3 is 1. The van der Waals surface area contributed by atoms with Crippen molar-refractivity contribution in [1.29, 1.82) is 0 Å². The fraction of sp³-hybridized carbons (Fsp3) is 0.529. The van der Waals surface area contributed by atoms with Crippen LogP contribution < -0.4 is 4.74 Å². The van der Waals surface area contributed by atoms with Gasteiger partial charge in [-0.25, -0.2) is 0 Å². The number of ether oxygens (including phenoxy) is 2. The van der Waals surface area contributed by atoms with E-state index < -0.39 is 28.8 Å². The molecule has 0 aliphatic heterocycles. The lowest BCUT2D eigenvalue weighted by Crippen LogP contribution is -2.45. The van der Waals surface area contributed by atoms with Gasteiger partial charge in [-0.1, -0.05) is 12.1 Å². The van der Waals surface area contributed by atoms with Crippen LogP contribution in [0.25, 0.3) is 0 Å². The molecule has 0 radical (unpaired) electrons. The molecule has 1 aromatic rings. The highest BCUT2D eigenvalue weighted by Gasteiger charge is 2.57. The van der Waals surface area contributed by atoms with E-state index in [2.05, 4.69) is 0 Å². The minimum absolute atomic E-state index is 0.122. The van der Waals surface area contributed by atoms with Crippen LogP contribution in [0.5, 0.6) is 5.75 Å². The second-order valence-electron chi connectivity index (χ2n) is 5.81. The van der Waals surface area contributed by atoms with Crippen molar-refractivity contribution >= 4 is 11.8 Å². The number of nitrogens with zero attached hydrogens (tertiary/aromatic N) is 1. The smallest absolute Gasteiger partial charge is 0.320 e. The maximum atomic E-state index is 12.6. The Morgan fingerprint density at radius 1 is 1.46 bits per heavy atom. The van der Waals surface area contributed by atoms with Crippen LogP contribution in [-0.4, -0.2) is 36.9 Å². The predicted octanol–water partition coefficient (Wildman–Crippen LogP) is 2.36. The molecule has 2 rings (SSSR count). The maximum Gasteiger partial charge on any atom is 0.320 e. The van der Waals surface area contributed by atoms with Crippen LogP contribution in [0.4, 0.5) is 0 Å². The quantitative estimate of drug-likeness (QED) is 0.328. The Labute approximate surface area is 140 Å². The van der Waals surface area contributed by atoms with Gasteiger partial charge < -0.3 is 9.47 Å². The molecule has 0 aromatic heterocycles. The first-order chi connectivity index (χ1) is 11.5. The highest BCUT2D eigenvalue weighted by Crippen LogP contribution is 2.48. The van der Waals surface area contributed by atoms with Crippen LogP contribution in [-0.2, 0) is 14.3 Å². The van der Waals surface area contributed by atoms with Gasteiger partial charge in [0.15, 0.2) is 5.78 Å². The summed E-state index contributed by atoms with van der Waals surface area (Å²) in [7, 11) is 1.49. The topological polar surface area (TPSA) is 95.7 Å². The molecule has 130 valence electrons. The zero-order valence-electron chi connectivity index (χ0n) is 13.8. The van der Waals surface area contributed by atoms with E-state index in [9.17, 15) is 19.7 Å². The van der Waals surface area contributed by atoms with E-state index in [1.807, 2.05) is 0 Å². The van der Waals surface area contributed by atoms with Crippen molar-refractivity contribution in [3.05, 3.63) is 39.9 Å². The Kier molecular flexibility index (Phi) is 5.54. The predicted molar refractivity (Wildman–Crippen MR) is 85.5 cm³/mol. The molecule has 0 spiro atoms. The second kappa shape index (κ2) is 7.42. The second-order valence-corrected chi connectivity index (χ2v) is 5.81. The maximum absolute atomic E-state index is 12.6. The van der Waals surface area contributed by atoms with Crippen LogP contribution in [0, 0.1) is 15.5 Å². The lowest BCUT2D eigenvalue weighted by atomic mass is 9.69. The number of rotatable bonds is 7. The fourth-order valence-electron chi connectivity index (χ4n) is 3.43. The van der Waals surface area contributed by atoms with Crippen LogP contribution in [0.2, 0.25) is 0 Å². The lowest BCUT2D eigenvalue weighted by Gasteiger charge is -2.31. The van der Waals surface area contributed by atoms with Gasteiger partial charge in [-0.15, -0.1) is 0 Å². The Bertz CT molecular complexity index is 644. The first-order valence-corrected chi connectivity index (χ1v) is 7.92. The molecule has 0 amide bonds. The number of esters is 1. The van der Waals surface area contributed by atoms with Gasteiger partial charge in [0.1, 0.15) is 11.2 Å². The summed E-state index contributed by atoms with van der Waals surface area (Å²) in [6.45, 7) is 1.26. The first kappa shape index (κ1) is 17.9. The number of ketones is 1. The number of hydrogen-bond acceptors (Lipinski definition) is 6. The Balaban J connectivity index is 2.55. The largest absolute Gasteiger partial charge is 0.497 e. The molecule has 7 heteroatoms. The van der Waals surface area contributed by atoms with E-state index in [1.165, 1.54) is 7.11 Å². The molecule has 1 aliphatic rings. The van der Waals surface area contributed by atoms with Gasteiger partial charge in [0.05, 0.1) is 19.6 Å². The van der Waals surface area contributed by atoms with Crippen molar-refractivity contribution in [2.45, 2.75) is 32.1 Å². The molecule has 7 nitrogen and oxygen atoms in total. The van der Waals surface area contributed by atoms with Crippen LogP contribution in [0.1, 0.15) is 37.7 Å². The van der Waals surface area contributed by atoms with Crippen molar-refractivity contribution < 1.29 is 24.0 Å². The summed E-state index contributed by atoms with van der Waals surface area (Å²) >= 11 is 0. The summed E-state index contributed by atoms with van der Waals surface area (Å²) < 4.78 is 10.3. The van der Waals surface area contributed by atoms with Gasteiger partial charge in [0.25, 0.3) is 0 Å². The van der Waals surface area contributed by atoms with Gasteiger partial charge >= 0.3 is 5.97 Å². The monoisotopic (exact) mass is 335 g/mol. The van der Waals surface area contributed by atoms with Gasteiger partial charge in [-0.3, -0.25) is 19.7 Å². The van der Waals surface area contributed by atoms with Gasteiger partial charge in [-0.05, 0) is 37.5 Å². The number of benzene rings is 1. The molecule has 2 atom stereocenters. The Hall–Kier alpha value is -2.44. The minimum atomic E-state index is -1.49. The van der Waals surface area contributed by atoms with Crippen molar-refractivity contribution in [2.24, 2.45) is 5.41 Å². The molecule has 0 unspecified atom stereocenters. The zero-order chi connectivity index (χ0) is 17.7. The summed E-state index contributed by atoms with van der Waals surface area (Å²) in [5, 5.41) is 11.2. The standard InChI is InChI=1S/C17H21NO6/c1-3-24-16(20)17(9-5-8-15(17)19)14(11-18(21)22)12-6-4-7-13(10-12)23-2/h4,6-7,10,14H,3,5,8-9,11H2,1-2H3/t14-,17-/m1/s1. The van der Waals surface area contributed by atoms with Crippen LogP contribution in [0.15, 0.2) is 24.3 Å². The molecule has 1 aliphatic carbocycles. The normalized spacial score (nSPS) is 21.3. The Morgan fingerprint density at radius 3 is 2.75 bits per heavy atom. The highest BCUT2D eigenvalue weighted by atomic mass is 16.6. The third-order valence-corrected chi connectivity index (χ3v) is 4.53. The van der Waals surface area contributed by atoms with Crippen molar-refractivity contribution in [2.75, 3.05) is 20.3 Å². The van der Waals surface area contributed by atoms with E-state index in [-0.39, 0.29) is 25.2 Å². The summed E-state index contributed by atoms with van der Waals surface area (Å²) in [5.74, 6) is -1.31. The number of carbonyl (C=O) groups excluding carboxylic acids is 2. The van der Waals surface area contributed by atoms with Crippen molar-refractivity contribution in [1.82, 2.24) is 0 Å². The number of carbonyl (C=O) groups is 2. The summed E-state index contributed by atoms with van der Waals surface area (Å²) in [4.78, 5) is 36.0. The molecule has 0 bridgehead atoms. The van der Waals surface area contributed by atoms with Crippen LogP contribution >= 0.6 is 0 Å². The van der Waals surface area contributed by atoms with Crippen molar-refractivity contribution in [3.63, 3.8) is 0 Å². The van der Waals surface area contributed by atoms with Gasteiger partial charge in [0, 0.05) is 11.3 Å². The van der Waals surface area contributed by atoms with Crippen molar-refractivity contribution in [3.8, 4) is 5.75 Å². The molecule has 1 aromatic carbocycles. The molecule has 1 fully saturated rings. The van der Waals surface area contributed by atoms with Crippen LogP contribution in [0.3, 0.4) is 0 Å².